The summed E-state index contributed by atoms with van der Waals surface area (Å²) in [6.07, 6.45) is -1.01. The van der Waals surface area contributed by atoms with Crippen LogP contribution in [0.4, 0.5) is 20.2 Å². The van der Waals surface area contributed by atoms with Gasteiger partial charge >= 0.3 is 24.2 Å². The van der Waals surface area contributed by atoms with Crippen molar-refractivity contribution in [1.82, 2.24) is 35.1 Å². The van der Waals surface area contributed by atoms with Gasteiger partial charge < -0.3 is 48.7 Å². The van der Waals surface area contributed by atoms with Crippen molar-refractivity contribution in [3.8, 4) is 0 Å². The summed E-state index contributed by atoms with van der Waals surface area (Å²) in [6, 6.07) is -1.05. The van der Waals surface area contributed by atoms with Crippen LogP contribution < -0.4 is 16.0 Å². The molecule has 19 heteroatoms. The second-order valence-electron chi connectivity index (χ2n) is 20.4. The van der Waals surface area contributed by atoms with E-state index in [-0.39, 0.29) is 18.8 Å². The van der Waals surface area contributed by atoms with Gasteiger partial charge in [-0.3, -0.25) is 9.88 Å². The predicted molar refractivity (Wildman–Crippen MR) is 221 cm³/mol. The zero-order valence-electron chi connectivity index (χ0n) is 38.3. The molecular weight excluding hydrogens is 780 g/mol. The maximum absolute atomic E-state index is 13.5. The number of alkyl carbamates (subject to hydrolysis) is 2. The van der Waals surface area contributed by atoms with Crippen molar-refractivity contribution >= 4 is 41.2 Å². The van der Waals surface area contributed by atoms with Gasteiger partial charge in [-0.05, 0) is 124 Å². The Bertz CT molecular complexity index is 1840. The molecule has 0 bridgehead atoms. The number of imidazole rings is 1. The summed E-state index contributed by atoms with van der Waals surface area (Å²) in [5.74, 6) is -1.41. The number of hydrogen-bond donors (Lipinski definition) is 3. The Hall–Kier alpha value is -4.33. The van der Waals surface area contributed by atoms with Crippen molar-refractivity contribution in [1.29, 1.82) is 0 Å². The van der Waals surface area contributed by atoms with Crippen LogP contribution in [0.25, 0.3) is 11.2 Å². The minimum absolute atomic E-state index is 0.150. The molecule has 2 aromatic rings. The van der Waals surface area contributed by atoms with E-state index in [1.54, 1.807) is 94.0 Å². The summed E-state index contributed by atoms with van der Waals surface area (Å²) < 4.78 is 43.6. The van der Waals surface area contributed by atoms with Crippen molar-refractivity contribution in [3.63, 3.8) is 0 Å². The SMILES string of the molecule is CC(C)(CCN(CC[C@H](NC(=O)OC(C)(C)C)C(=O)OC(C)(C)C)C[C@H]1O[C@@H](n2cnc3c(NC(=O)OC(C)(C)C)ncnc32)[C@@H]2OC(C)(C)O[C@@H]21)NC(=O)OC(C)(C)C. The molecule has 3 amide bonds. The summed E-state index contributed by atoms with van der Waals surface area (Å²) >= 11 is 0. The molecular formula is C41H68N8O11. The number of aromatic nitrogens is 4. The molecule has 0 aromatic carbocycles. The molecule has 4 heterocycles. The first-order valence-electron chi connectivity index (χ1n) is 20.4. The maximum Gasteiger partial charge on any atom is 0.413 e. The molecule has 0 radical (unpaired) electrons. The normalized spacial score (nSPS) is 21.3. The number of fused-ring (bicyclic) bond motifs is 2. The first kappa shape index (κ1) is 48.3. The van der Waals surface area contributed by atoms with Gasteiger partial charge in [-0.2, -0.15) is 0 Å². The molecule has 338 valence electrons. The van der Waals surface area contributed by atoms with Gasteiger partial charge in [0.1, 0.15) is 53.1 Å². The third-order valence-electron chi connectivity index (χ3n) is 8.82. The molecule has 5 atom stereocenters. The summed E-state index contributed by atoms with van der Waals surface area (Å²) in [4.78, 5) is 67.3. The third-order valence-corrected chi connectivity index (χ3v) is 8.82. The fourth-order valence-corrected chi connectivity index (χ4v) is 6.57. The van der Waals surface area contributed by atoms with E-state index < -0.39 is 88.6 Å². The lowest BCUT2D eigenvalue weighted by Gasteiger charge is -2.34. The van der Waals surface area contributed by atoms with Crippen LogP contribution in [0.5, 0.6) is 0 Å². The monoisotopic (exact) mass is 849 g/mol. The lowest BCUT2D eigenvalue weighted by Crippen LogP contribution is -2.50. The number of carbonyl (C=O) groups is 4. The molecule has 2 aromatic heterocycles. The van der Waals surface area contributed by atoms with E-state index in [2.05, 4.69) is 35.8 Å². The third kappa shape index (κ3) is 14.7. The Morgan fingerprint density at radius 1 is 0.767 bits per heavy atom. The summed E-state index contributed by atoms with van der Waals surface area (Å²) in [5, 5.41) is 8.34. The van der Waals surface area contributed by atoms with Crippen LogP contribution in [0.1, 0.15) is 130 Å². The second kappa shape index (κ2) is 17.9. The predicted octanol–water partition coefficient (Wildman–Crippen LogP) is 6.21. The molecule has 0 saturated carbocycles. The standard InChI is InChI=1S/C41H68N8O11/c1-36(2,3)57-32(50)24(45-33(51)58-37(4,5)6)17-19-48(20-18-40(13,14)47-35(53)60-39(10,11)12)21-25-27-28(56-41(15,16)55-27)31(54-25)49-23-44-26-29(42-22-43-30(26)49)46-34(52)59-38(7,8)9/h22-25,27-28,31H,17-21H2,1-16H3,(H,45,51)(H,47,53)(H,42,43,46,52)/t24-,25+,27+,28+,31+/m0/s1. The van der Waals surface area contributed by atoms with Gasteiger partial charge in [0.2, 0.25) is 0 Å². The van der Waals surface area contributed by atoms with Crippen LogP contribution in [0.3, 0.4) is 0 Å². The first-order valence-corrected chi connectivity index (χ1v) is 20.4. The maximum atomic E-state index is 13.5. The second-order valence-corrected chi connectivity index (χ2v) is 20.4. The van der Waals surface area contributed by atoms with Crippen molar-refractivity contribution in [2.45, 2.75) is 188 Å². The highest BCUT2D eigenvalue weighted by Gasteiger charge is 2.56. The van der Waals surface area contributed by atoms with E-state index in [4.69, 9.17) is 33.2 Å². The Morgan fingerprint density at radius 2 is 1.33 bits per heavy atom. The highest BCUT2D eigenvalue weighted by molar-refractivity contribution is 5.93. The molecule has 2 aliphatic rings. The number of anilines is 1. The molecule has 19 nitrogen and oxygen atoms in total. The zero-order chi connectivity index (χ0) is 45.2. The number of nitrogens with one attached hydrogen (secondary N) is 3. The number of rotatable bonds is 13. The Balaban J connectivity index is 1.63. The minimum Gasteiger partial charge on any atom is -0.458 e. The molecule has 3 N–H and O–H groups in total. The summed E-state index contributed by atoms with van der Waals surface area (Å²) in [5.41, 5.74) is -3.04. The molecule has 0 aliphatic carbocycles. The van der Waals surface area contributed by atoms with Crippen LogP contribution in [0, 0.1) is 0 Å². The van der Waals surface area contributed by atoms with Gasteiger partial charge in [0.15, 0.2) is 29.0 Å². The quantitative estimate of drug-likeness (QED) is 0.151. The van der Waals surface area contributed by atoms with E-state index in [1.165, 1.54) is 6.33 Å². The van der Waals surface area contributed by atoms with Gasteiger partial charge in [0, 0.05) is 25.2 Å². The van der Waals surface area contributed by atoms with Gasteiger partial charge in [-0.15, -0.1) is 0 Å². The smallest absolute Gasteiger partial charge is 0.413 e. The highest BCUT2D eigenvalue weighted by Crippen LogP contribution is 2.44. The zero-order valence-corrected chi connectivity index (χ0v) is 38.3. The number of ether oxygens (including phenoxy) is 7. The van der Waals surface area contributed by atoms with Gasteiger partial charge in [-0.25, -0.2) is 34.1 Å². The van der Waals surface area contributed by atoms with E-state index in [0.29, 0.717) is 30.7 Å². The van der Waals surface area contributed by atoms with Crippen molar-refractivity contribution in [2.75, 3.05) is 25.0 Å². The number of nitrogens with zero attached hydrogens (tertiary/aromatic N) is 5. The average molecular weight is 849 g/mol. The van der Waals surface area contributed by atoms with Crippen LogP contribution in [0.15, 0.2) is 12.7 Å². The molecule has 2 saturated heterocycles. The topological polar surface area (TPSA) is 216 Å². The fraction of sp³-hybridized carbons (Fsp3) is 0.780. The molecule has 0 unspecified atom stereocenters. The van der Waals surface area contributed by atoms with Crippen LogP contribution >= 0.6 is 0 Å². The van der Waals surface area contributed by atoms with E-state index in [9.17, 15) is 19.2 Å². The van der Waals surface area contributed by atoms with Crippen molar-refractivity contribution < 1.29 is 52.3 Å². The van der Waals surface area contributed by atoms with Gasteiger partial charge in [0.05, 0.1) is 6.33 Å². The lowest BCUT2D eigenvalue weighted by molar-refractivity contribution is -0.198. The molecule has 2 aliphatic heterocycles. The lowest BCUT2D eigenvalue weighted by atomic mass is 10.00. The van der Waals surface area contributed by atoms with Gasteiger partial charge in [0.25, 0.3) is 0 Å². The Morgan fingerprint density at radius 3 is 1.93 bits per heavy atom. The number of hydrogen-bond acceptors (Lipinski definition) is 15. The Kier molecular flexibility index (Phi) is 14.5. The summed E-state index contributed by atoms with van der Waals surface area (Å²) in [7, 11) is 0. The number of carbonyl (C=O) groups excluding carboxylic acids is 4. The fourth-order valence-electron chi connectivity index (χ4n) is 6.57. The average Bonchev–Trinajstić information content (AvgIpc) is 3.69. The summed E-state index contributed by atoms with van der Waals surface area (Å²) in [6.45, 7) is 29.6. The minimum atomic E-state index is -1.05. The molecule has 2 fully saturated rings. The van der Waals surface area contributed by atoms with E-state index in [1.807, 2.05) is 27.7 Å². The van der Waals surface area contributed by atoms with Crippen molar-refractivity contribution in [2.24, 2.45) is 0 Å². The first-order chi connectivity index (χ1) is 27.3. The van der Waals surface area contributed by atoms with E-state index in [0.717, 1.165) is 0 Å². The van der Waals surface area contributed by atoms with Gasteiger partial charge in [-0.1, -0.05) is 0 Å². The van der Waals surface area contributed by atoms with E-state index >= 15 is 0 Å². The largest absolute Gasteiger partial charge is 0.458 e. The highest BCUT2D eigenvalue weighted by atomic mass is 16.8. The molecule has 0 spiro atoms. The molecule has 4 rings (SSSR count). The number of esters is 1. The number of amides is 3. The molecule has 60 heavy (non-hydrogen) atoms. The Labute approximate surface area is 353 Å². The van der Waals surface area contributed by atoms with Crippen LogP contribution in [-0.4, -0.2) is 126 Å². The van der Waals surface area contributed by atoms with Crippen LogP contribution in [-0.2, 0) is 38.0 Å². The van der Waals surface area contributed by atoms with Crippen LogP contribution in [0.2, 0.25) is 0 Å². The van der Waals surface area contributed by atoms with Crippen molar-refractivity contribution in [3.05, 3.63) is 12.7 Å².